The lowest BCUT2D eigenvalue weighted by atomic mass is 10.2. The molecule has 0 atom stereocenters. The van der Waals surface area contributed by atoms with Gasteiger partial charge in [0.1, 0.15) is 17.1 Å². The summed E-state index contributed by atoms with van der Waals surface area (Å²) < 4.78 is 19.7. The van der Waals surface area contributed by atoms with Crippen molar-refractivity contribution >= 4 is 32.4 Å². The highest BCUT2D eigenvalue weighted by Crippen LogP contribution is 2.36. The Labute approximate surface area is 150 Å². The van der Waals surface area contributed by atoms with E-state index in [2.05, 4.69) is 22.8 Å². The largest absolute Gasteiger partial charge is 0.494 e. The first kappa shape index (κ1) is 16.1. The SMILES string of the molecule is COc1ccc(C)c2sc(N3CCN(c4ccc(F)cc4)CC3)nc12. The monoisotopic (exact) mass is 357 g/mol. The van der Waals surface area contributed by atoms with E-state index in [-0.39, 0.29) is 5.82 Å². The Morgan fingerprint density at radius 2 is 1.68 bits per heavy atom. The predicted molar refractivity (Wildman–Crippen MR) is 102 cm³/mol. The second-order valence-electron chi connectivity index (χ2n) is 6.21. The quantitative estimate of drug-likeness (QED) is 0.706. The molecule has 4 rings (SSSR count). The summed E-state index contributed by atoms with van der Waals surface area (Å²) in [6.45, 7) is 5.71. The summed E-state index contributed by atoms with van der Waals surface area (Å²) in [7, 11) is 1.69. The Bertz CT molecular complexity index is 886. The third-order valence-corrected chi connectivity index (χ3v) is 5.91. The first-order chi connectivity index (χ1) is 12.2. The number of nitrogens with zero attached hydrogens (tertiary/aromatic N) is 3. The first-order valence-electron chi connectivity index (χ1n) is 8.35. The number of ether oxygens (including phenoxy) is 1. The molecule has 1 fully saturated rings. The van der Waals surface area contributed by atoms with Crippen LogP contribution in [0.3, 0.4) is 0 Å². The van der Waals surface area contributed by atoms with Crippen LogP contribution in [0.25, 0.3) is 10.2 Å². The van der Waals surface area contributed by atoms with E-state index in [4.69, 9.17) is 9.72 Å². The van der Waals surface area contributed by atoms with Crippen molar-refractivity contribution in [2.24, 2.45) is 0 Å². The number of methoxy groups -OCH3 is 1. The zero-order chi connectivity index (χ0) is 17.4. The smallest absolute Gasteiger partial charge is 0.186 e. The fourth-order valence-electron chi connectivity index (χ4n) is 3.21. The molecule has 4 nitrogen and oxygen atoms in total. The number of rotatable bonds is 3. The zero-order valence-corrected chi connectivity index (χ0v) is 15.1. The molecule has 0 amide bonds. The second-order valence-corrected chi connectivity index (χ2v) is 7.19. The van der Waals surface area contributed by atoms with Crippen molar-refractivity contribution in [3.63, 3.8) is 0 Å². The summed E-state index contributed by atoms with van der Waals surface area (Å²) in [4.78, 5) is 9.44. The molecule has 0 saturated carbocycles. The van der Waals surface area contributed by atoms with Crippen LogP contribution in [0, 0.1) is 12.7 Å². The topological polar surface area (TPSA) is 28.6 Å². The molecule has 2 heterocycles. The number of piperazine rings is 1. The lowest BCUT2D eigenvalue weighted by Gasteiger charge is -2.36. The van der Waals surface area contributed by atoms with Crippen LogP contribution in [-0.2, 0) is 0 Å². The maximum Gasteiger partial charge on any atom is 0.186 e. The van der Waals surface area contributed by atoms with Crippen molar-refractivity contribution in [3.05, 3.63) is 47.8 Å². The lowest BCUT2D eigenvalue weighted by molar-refractivity contribution is 0.419. The van der Waals surface area contributed by atoms with Crippen LogP contribution < -0.4 is 14.5 Å². The molecular formula is C19H20FN3OS. The van der Waals surface area contributed by atoms with Crippen molar-refractivity contribution in [1.82, 2.24) is 4.98 Å². The average molecular weight is 357 g/mol. The van der Waals surface area contributed by atoms with Crippen LogP contribution in [0.2, 0.25) is 0 Å². The summed E-state index contributed by atoms with van der Waals surface area (Å²) in [5.41, 5.74) is 3.25. The fraction of sp³-hybridized carbons (Fsp3) is 0.316. The van der Waals surface area contributed by atoms with Gasteiger partial charge < -0.3 is 14.5 Å². The number of aryl methyl sites for hydroxylation is 1. The molecule has 1 aliphatic heterocycles. The van der Waals surface area contributed by atoms with Crippen LogP contribution in [0.4, 0.5) is 15.2 Å². The molecule has 0 spiro atoms. The molecule has 0 bridgehead atoms. The number of benzene rings is 2. The highest BCUT2D eigenvalue weighted by Gasteiger charge is 2.21. The normalized spacial score (nSPS) is 15.0. The lowest BCUT2D eigenvalue weighted by Crippen LogP contribution is -2.46. The maximum atomic E-state index is 13.1. The Kier molecular flexibility index (Phi) is 4.21. The van der Waals surface area contributed by atoms with Crippen molar-refractivity contribution in [2.45, 2.75) is 6.92 Å². The van der Waals surface area contributed by atoms with E-state index in [1.165, 1.54) is 22.4 Å². The van der Waals surface area contributed by atoms with E-state index in [0.717, 1.165) is 48.3 Å². The molecule has 6 heteroatoms. The minimum atomic E-state index is -0.193. The Morgan fingerprint density at radius 1 is 1.00 bits per heavy atom. The summed E-state index contributed by atoms with van der Waals surface area (Å²) in [5, 5.41) is 1.04. The number of anilines is 2. The molecule has 1 aliphatic rings. The summed E-state index contributed by atoms with van der Waals surface area (Å²) in [6.07, 6.45) is 0. The zero-order valence-electron chi connectivity index (χ0n) is 14.3. The van der Waals surface area contributed by atoms with E-state index in [9.17, 15) is 4.39 Å². The Balaban J connectivity index is 1.53. The molecule has 0 aliphatic carbocycles. The van der Waals surface area contributed by atoms with Crippen LogP contribution >= 0.6 is 11.3 Å². The number of thiazole rings is 1. The van der Waals surface area contributed by atoms with Gasteiger partial charge in [0.25, 0.3) is 0 Å². The molecule has 0 unspecified atom stereocenters. The van der Waals surface area contributed by atoms with Crippen LogP contribution in [0.15, 0.2) is 36.4 Å². The Hall–Kier alpha value is -2.34. The van der Waals surface area contributed by atoms with Crippen LogP contribution in [0.5, 0.6) is 5.75 Å². The molecule has 1 aromatic heterocycles. The third-order valence-electron chi connectivity index (χ3n) is 4.65. The summed E-state index contributed by atoms with van der Waals surface area (Å²) in [5.74, 6) is 0.634. The van der Waals surface area contributed by atoms with Gasteiger partial charge in [-0.1, -0.05) is 17.4 Å². The predicted octanol–water partition coefficient (Wildman–Crippen LogP) is 4.08. The second kappa shape index (κ2) is 6.52. The number of fused-ring (bicyclic) bond motifs is 1. The highest BCUT2D eigenvalue weighted by molar-refractivity contribution is 7.22. The van der Waals surface area contributed by atoms with Gasteiger partial charge in [-0.3, -0.25) is 0 Å². The van der Waals surface area contributed by atoms with Crippen molar-refractivity contribution < 1.29 is 9.13 Å². The average Bonchev–Trinajstić information content (AvgIpc) is 3.09. The fourth-order valence-corrected chi connectivity index (χ4v) is 4.31. The first-order valence-corrected chi connectivity index (χ1v) is 9.17. The molecule has 0 N–H and O–H groups in total. The van der Waals surface area contributed by atoms with Crippen molar-refractivity contribution in [2.75, 3.05) is 43.1 Å². The van der Waals surface area contributed by atoms with Gasteiger partial charge in [0, 0.05) is 31.9 Å². The summed E-state index contributed by atoms with van der Waals surface area (Å²) >= 11 is 1.73. The molecule has 0 radical (unpaired) electrons. The molecule has 2 aromatic carbocycles. The van der Waals surface area contributed by atoms with E-state index >= 15 is 0 Å². The highest BCUT2D eigenvalue weighted by atomic mass is 32.1. The number of halogens is 1. The minimum Gasteiger partial charge on any atom is -0.494 e. The molecule has 1 saturated heterocycles. The van der Waals surface area contributed by atoms with E-state index < -0.39 is 0 Å². The van der Waals surface area contributed by atoms with Crippen molar-refractivity contribution in [3.8, 4) is 5.75 Å². The van der Waals surface area contributed by atoms with Gasteiger partial charge in [-0.15, -0.1) is 0 Å². The maximum absolute atomic E-state index is 13.1. The van der Waals surface area contributed by atoms with E-state index in [1.807, 2.05) is 18.2 Å². The molecule has 130 valence electrons. The minimum absolute atomic E-state index is 0.193. The number of hydrogen-bond donors (Lipinski definition) is 0. The standard InChI is InChI=1S/C19H20FN3OS/c1-13-3-8-16(24-2)17-18(13)25-19(21-17)23-11-9-22(10-12-23)15-6-4-14(20)5-7-15/h3-8H,9-12H2,1-2H3. The van der Waals surface area contributed by atoms with Crippen LogP contribution in [0.1, 0.15) is 5.56 Å². The van der Waals surface area contributed by atoms with Gasteiger partial charge in [0.2, 0.25) is 0 Å². The molecule has 25 heavy (non-hydrogen) atoms. The third kappa shape index (κ3) is 3.02. The Morgan fingerprint density at radius 3 is 2.36 bits per heavy atom. The van der Waals surface area contributed by atoms with Gasteiger partial charge in [-0.2, -0.15) is 0 Å². The van der Waals surface area contributed by atoms with Crippen LogP contribution in [-0.4, -0.2) is 38.3 Å². The van der Waals surface area contributed by atoms with Gasteiger partial charge in [0.15, 0.2) is 5.13 Å². The van der Waals surface area contributed by atoms with Gasteiger partial charge in [0.05, 0.1) is 11.8 Å². The summed E-state index contributed by atoms with van der Waals surface area (Å²) in [6, 6.07) is 10.8. The van der Waals surface area contributed by atoms with E-state index in [0.29, 0.717) is 0 Å². The molecular weight excluding hydrogens is 337 g/mol. The molecule has 3 aromatic rings. The van der Waals surface area contributed by atoms with Crippen molar-refractivity contribution in [1.29, 1.82) is 0 Å². The van der Waals surface area contributed by atoms with E-state index in [1.54, 1.807) is 18.4 Å². The van der Waals surface area contributed by atoms with Gasteiger partial charge in [-0.25, -0.2) is 9.37 Å². The number of hydrogen-bond acceptors (Lipinski definition) is 5. The van der Waals surface area contributed by atoms with Gasteiger partial charge >= 0.3 is 0 Å². The van der Waals surface area contributed by atoms with Gasteiger partial charge in [-0.05, 0) is 42.8 Å². The number of aromatic nitrogens is 1.